The van der Waals surface area contributed by atoms with Gasteiger partial charge in [0.25, 0.3) is 5.91 Å². The van der Waals surface area contributed by atoms with E-state index in [9.17, 15) is 14.4 Å². The first-order chi connectivity index (χ1) is 16.4. The lowest BCUT2D eigenvalue weighted by molar-refractivity contribution is -0.137. The van der Waals surface area contributed by atoms with Crippen molar-refractivity contribution in [1.82, 2.24) is 15.2 Å². The van der Waals surface area contributed by atoms with Gasteiger partial charge in [0.1, 0.15) is 6.61 Å². The number of aliphatic carboxylic acids is 1. The van der Waals surface area contributed by atoms with Gasteiger partial charge >= 0.3 is 12.1 Å². The third-order valence-corrected chi connectivity index (χ3v) is 5.83. The normalized spacial score (nSPS) is 11.9. The Bertz CT molecular complexity index is 1180. The summed E-state index contributed by atoms with van der Waals surface area (Å²) < 4.78 is 5.52. The van der Waals surface area contributed by atoms with Gasteiger partial charge in [-0.1, -0.05) is 48.5 Å². The molecule has 2 N–H and O–H groups in total. The molecule has 0 saturated heterocycles. The highest BCUT2D eigenvalue weighted by atomic mass is 16.5. The Labute approximate surface area is 197 Å². The van der Waals surface area contributed by atoms with Crippen LogP contribution in [0.2, 0.25) is 0 Å². The molecule has 174 valence electrons. The summed E-state index contributed by atoms with van der Waals surface area (Å²) in [5.74, 6) is -1.31. The molecular weight excluding hydrogens is 434 g/mol. The number of alkyl carbamates (subject to hydrolysis) is 1. The van der Waals surface area contributed by atoms with Crippen LogP contribution in [0.25, 0.3) is 11.1 Å². The zero-order valence-corrected chi connectivity index (χ0v) is 18.7. The van der Waals surface area contributed by atoms with Gasteiger partial charge in [0.05, 0.1) is 18.7 Å². The van der Waals surface area contributed by atoms with Crippen LogP contribution in [-0.2, 0) is 16.1 Å². The lowest BCUT2D eigenvalue weighted by Crippen LogP contribution is -2.29. The van der Waals surface area contributed by atoms with Crippen LogP contribution >= 0.6 is 0 Å². The summed E-state index contributed by atoms with van der Waals surface area (Å²) in [5, 5.41) is 11.5. The molecule has 0 atom stereocenters. The number of hydrogen-bond acceptors (Lipinski definition) is 5. The van der Waals surface area contributed by atoms with Gasteiger partial charge in [0.2, 0.25) is 0 Å². The van der Waals surface area contributed by atoms with Gasteiger partial charge in [-0.15, -0.1) is 0 Å². The molecule has 1 heterocycles. The monoisotopic (exact) mass is 459 g/mol. The average Bonchev–Trinajstić information content (AvgIpc) is 3.18. The number of nitrogens with one attached hydrogen (secondary N) is 1. The number of carboxylic acid groups (broad SMARTS) is 1. The highest BCUT2D eigenvalue weighted by Gasteiger charge is 2.29. The molecule has 1 aromatic heterocycles. The second kappa shape index (κ2) is 10.2. The number of amides is 2. The summed E-state index contributed by atoms with van der Waals surface area (Å²) in [7, 11) is 1.54. The predicted molar refractivity (Wildman–Crippen MR) is 125 cm³/mol. The van der Waals surface area contributed by atoms with E-state index in [1.165, 1.54) is 11.1 Å². The number of ether oxygens (including phenoxy) is 1. The fourth-order valence-corrected chi connectivity index (χ4v) is 4.11. The van der Waals surface area contributed by atoms with E-state index in [1.807, 2.05) is 24.3 Å². The Balaban J connectivity index is 1.33. The summed E-state index contributed by atoms with van der Waals surface area (Å²) in [4.78, 5) is 41.1. The van der Waals surface area contributed by atoms with E-state index in [4.69, 9.17) is 9.84 Å². The number of aromatic nitrogens is 1. The van der Waals surface area contributed by atoms with Crippen molar-refractivity contribution in [3.63, 3.8) is 0 Å². The number of fused-ring (bicyclic) bond motifs is 3. The lowest BCUT2D eigenvalue weighted by Gasteiger charge is -2.16. The van der Waals surface area contributed by atoms with E-state index in [1.54, 1.807) is 19.2 Å². The smallest absolute Gasteiger partial charge is 0.407 e. The predicted octanol–water partition coefficient (Wildman–Crippen LogP) is 3.67. The zero-order chi connectivity index (χ0) is 24.1. The van der Waals surface area contributed by atoms with Crippen LogP contribution in [0, 0.1) is 0 Å². The van der Waals surface area contributed by atoms with Crippen LogP contribution in [0.1, 0.15) is 39.5 Å². The number of carboxylic acids is 1. The quantitative estimate of drug-likeness (QED) is 0.532. The molecule has 8 nitrogen and oxygen atoms in total. The van der Waals surface area contributed by atoms with Crippen LogP contribution in [0.3, 0.4) is 0 Å². The largest absolute Gasteiger partial charge is 0.481 e. The standard InChI is InChI=1S/C26H25N3O5/c1-29(13-11-24(30)31)25(32)17-10-12-27-18(14-17)15-28-26(33)34-16-23-21-8-4-2-6-19(21)20-7-3-5-9-22(20)23/h2-10,12,14,23H,11,13,15-16H2,1H3,(H,28,33)(H,30,31). The molecular formula is C26H25N3O5. The Hall–Kier alpha value is -4.20. The van der Waals surface area contributed by atoms with Crippen molar-refractivity contribution in [2.24, 2.45) is 0 Å². The van der Waals surface area contributed by atoms with Gasteiger partial charge < -0.3 is 20.1 Å². The second-order valence-corrected chi connectivity index (χ2v) is 8.09. The van der Waals surface area contributed by atoms with E-state index in [0.717, 1.165) is 22.3 Å². The van der Waals surface area contributed by atoms with Crippen LogP contribution < -0.4 is 5.32 Å². The second-order valence-electron chi connectivity index (χ2n) is 8.09. The van der Waals surface area contributed by atoms with Crippen LogP contribution in [0.15, 0.2) is 66.9 Å². The molecule has 34 heavy (non-hydrogen) atoms. The van der Waals surface area contributed by atoms with Crippen molar-refractivity contribution >= 4 is 18.0 Å². The minimum Gasteiger partial charge on any atom is -0.481 e. The van der Waals surface area contributed by atoms with Crippen LogP contribution in [0.4, 0.5) is 4.79 Å². The molecule has 4 rings (SSSR count). The van der Waals surface area contributed by atoms with Gasteiger partial charge in [-0.2, -0.15) is 0 Å². The molecule has 0 unspecified atom stereocenters. The number of carbonyl (C=O) groups is 3. The third-order valence-electron chi connectivity index (χ3n) is 5.83. The van der Waals surface area contributed by atoms with Crippen molar-refractivity contribution in [2.75, 3.05) is 20.2 Å². The molecule has 0 radical (unpaired) electrons. The number of carbonyl (C=O) groups excluding carboxylic acids is 2. The summed E-state index contributed by atoms with van der Waals surface area (Å²) in [6.45, 7) is 0.403. The van der Waals surface area contributed by atoms with Gasteiger partial charge in [-0.05, 0) is 34.4 Å². The summed E-state index contributed by atoms with van der Waals surface area (Å²) in [6, 6.07) is 19.4. The summed E-state index contributed by atoms with van der Waals surface area (Å²) >= 11 is 0. The first-order valence-corrected chi connectivity index (χ1v) is 10.9. The van der Waals surface area contributed by atoms with E-state index in [2.05, 4.69) is 34.6 Å². The lowest BCUT2D eigenvalue weighted by atomic mass is 9.98. The van der Waals surface area contributed by atoms with Gasteiger partial charge in [0, 0.05) is 31.3 Å². The van der Waals surface area contributed by atoms with Crippen LogP contribution in [-0.4, -0.2) is 53.2 Å². The highest BCUT2D eigenvalue weighted by molar-refractivity contribution is 5.94. The van der Waals surface area contributed by atoms with E-state index in [0.29, 0.717) is 11.3 Å². The molecule has 1 aliphatic carbocycles. The molecule has 0 spiro atoms. The number of rotatable bonds is 8. The van der Waals surface area contributed by atoms with Gasteiger partial charge in [0.15, 0.2) is 0 Å². The van der Waals surface area contributed by atoms with Crippen LogP contribution in [0.5, 0.6) is 0 Å². The summed E-state index contributed by atoms with van der Waals surface area (Å²) in [5.41, 5.74) is 5.45. The van der Waals surface area contributed by atoms with E-state index >= 15 is 0 Å². The van der Waals surface area contributed by atoms with Gasteiger partial charge in [-0.3, -0.25) is 14.6 Å². The molecule has 0 saturated carbocycles. The van der Waals surface area contributed by atoms with E-state index in [-0.39, 0.29) is 37.9 Å². The fraction of sp³-hybridized carbons (Fsp3) is 0.231. The average molecular weight is 460 g/mol. The van der Waals surface area contributed by atoms with Gasteiger partial charge in [-0.25, -0.2) is 4.79 Å². The van der Waals surface area contributed by atoms with Crippen molar-refractivity contribution in [2.45, 2.75) is 18.9 Å². The third kappa shape index (κ3) is 5.06. The highest BCUT2D eigenvalue weighted by Crippen LogP contribution is 2.44. The maximum absolute atomic E-state index is 12.5. The molecule has 0 aliphatic heterocycles. The topological polar surface area (TPSA) is 109 Å². The Morgan fingerprint density at radius 1 is 1.03 bits per heavy atom. The first kappa shape index (κ1) is 23.0. The number of benzene rings is 2. The van der Waals surface area contributed by atoms with Crippen molar-refractivity contribution < 1.29 is 24.2 Å². The zero-order valence-electron chi connectivity index (χ0n) is 18.7. The molecule has 0 fully saturated rings. The number of nitrogens with zero attached hydrogens (tertiary/aromatic N) is 2. The molecule has 2 aromatic carbocycles. The maximum atomic E-state index is 12.5. The van der Waals surface area contributed by atoms with Crippen molar-refractivity contribution in [1.29, 1.82) is 0 Å². The Morgan fingerprint density at radius 3 is 2.32 bits per heavy atom. The summed E-state index contributed by atoms with van der Waals surface area (Å²) in [6.07, 6.45) is 0.773. The van der Waals surface area contributed by atoms with Crippen molar-refractivity contribution in [3.8, 4) is 11.1 Å². The fourth-order valence-electron chi connectivity index (χ4n) is 4.11. The Morgan fingerprint density at radius 2 is 1.68 bits per heavy atom. The first-order valence-electron chi connectivity index (χ1n) is 10.9. The SMILES string of the molecule is CN(CCC(=O)O)C(=O)c1ccnc(CNC(=O)OCC2c3ccccc3-c3ccccc32)c1. The minimum atomic E-state index is -0.970. The molecule has 3 aromatic rings. The molecule has 8 heteroatoms. The maximum Gasteiger partial charge on any atom is 0.407 e. The molecule has 0 bridgehead atoms. The van der Waals surface area contributed by atoms with E-state index < -0.39 is 12.1 Å². The minimum absolute atomic E-state index is 0.0291. The number of pyridine rings is 1. The molecule has 1 aliphatic rings. The Kier molecular flexibility index (Phi) is 6.87. The van der Waals surface area contributed by atoms with Crippen molar-refractivity contribution in [3.05, 3.63) is 89.2 Å². The number of hydrogen-bond donors (Lipinski definition) is 2. The molecule has 2 amide bonds.